The van der Waals surface area contributed by atoms with Crippen LogP contribution in [-0.4, -0.2) is 59.2 Å². The first kappa shape index (κ1) is 22.7. The predicted octanol–water partition coefficient (Wildman–Crippen LogP) is 5.41. The van der Waals surface area contributed by atoms with Gasteiger partial charge in [-0.3, -0.25) is 4.90 Å². The van der Waals surface area contributed by atoms with Gasteiger partial charge in [0.25, 0.3) is 0 Å². The highest BCUT2D eigenvalue weighted by molar-refractivity contribution is 7.18. The molecule has 34 heavy (non-hydrogen) atoms. The molecule has 0 amide bonds. The largest absolute Gasteiger partial charge is 0.454 e. The van der Waals surface area contributed by atoms with Gasteiger partial charge in [-0.25, -0.2) is 9.78 Å². The van der Waals surface area contributed by atoms with Crippen LogP contribution < -0.4 is 0 Å². The summed E-state index contributed by atoms with van der Waals surface area (Å²) in [5, 5.41) is 3.29. The Balaban J connectivity index is 1.22. The number of aromatic nitrogens is 1. The number of benzene rings is 1. The van der Waals surface area contributed by atoms with E-state index >= 15 is 0 Å². The maximum Gasteiger partial charge on any atom is 0.332 e. The third-order valence-corrected chi connectivity index (χ3v) is 10.6. The number of fused-ring (bicyclic) bond motifs is 4. The smallest absolute Gasteiger partial charge is 0.332 e. The van der Waals surface area contributed by atoms with Crippen molar-refractivity contribution >= 4 is 38.9 Å². The summed E-state index contributed by atoms with van der Waals surface area (Å²) >= 11 is 3.50. The molecule has 1 aromatic carbocycles. The number of likely N-dealkylation sites (tertiary alicyclic amines) is 1. The van der Waals surface area contributed by atoms with Crippen molar-refractivity contribution in [3.63, 3.8) is 0 Å². The van der Waals surface area contributed by atoms with Crippen molar-refractivity contribution in [2.45, 2.75) is 57.2 Å². The Bertz CT molecular complexity index is 1110. The average Bonchev–Trinajstić information content (AvgIpc) is 3.54. The fourth-order valence-electron chi connectivity index (χ4n) is 6.39. The van der Waals surface area contributed by atoms with Crippen LogP contribution in [0.15, 0.2) is 41.8 Å². The Labute approximate surface area is 209 Å². The molecule has 0 saturated carbocycles. The van der Waals surface area contributed by atoms with E-state index in [0.29, 0.717) is 5.92 Å². The van der Waals surface area contributed by atoms with Crippen molar-refractivity contribution < 1.29 is 14.0 Å². The van der Waals surface area contributed by atoms with Crippen LogP contribution in [0.2, 0.25) is 0 Å². The summed E-state index contributed by atoms with van der Waals surface area (Å²) in [5.74, 6) is 0.446. The van der Waals surface area contributed by atoms with E-state index in [-0.39, 0.29) is 12.1 Å². The molecule has 4 saturated heterocycles. The van der Waals surface area contributed by atoms with Crippen molar-refractivity contribution in [1.29, 1.82) is 0 Å². The standard InChI is InChI=1S/C27H34N3O2S2/c1-27(24-10-7-17-33-24,29-13-5-2-6-14-29)26(31)32-22-18-30(15-11-20(22)12-16-30)19-25-28-21-8-3-4-9-23(21)34-25/h3-4,7-10,17,20,22H,2,5-6,11-16,18-19H2,1H3/q+1/t20?,22-,27?,30?/m0/s1. The number of rotatable bonds is 6. The number of nitrogens with zero attached hydrogens (tertiary/aromatic N) is 3. The highest BCUT2D eigenvalue weighted by atomic mass is 32.1. The zero-order valence-electron chi connectivity index (χ0n) is 19.9. The van der Waals surface area contributed by atoms with Crippen LogP contribution in [0.25, 0.3) is 10.2 Å². The van der Waals surface area contributed by atoms with Crippen molar-refractivity contribution in [3.8, 4) is 0 Å². The van der Waals surface area contributed by atoms with Crippen LogP contribution >= 0.6 is 22.7 Å². The van der Waals surface area contributed by atoms with E-state index in [1.165, 1.54) is 29.2 Å². The molecule has 1 unspecified atom stereocenters. The predicted molar refractivity (Wildman–Crippen MR) is 138 cm³/mol. The van der Waals surface area contributed by atoms with Crippen molar-refractivity contribution in [3.05, 3.63) is 51.7 Å². The highest BCUT2D eigenvalue weighted by Crippen LogP contribution is 2.41. The minimum Gasteiger partial charge on any atom is -0.454 e. The number of thiazole rings is 1. The molecule has 4 aliphatic heterocycles. The zero-order valence-corrected chi connectivity index (χ0v) is 21.6. The summed E-state index contributed by atoms with van der Waals surface area (Å²) in [4.78, 5) is 22.3. The minimum absolute atomic E-state index is 0.00783. The van der Waals surface area contributed by atoms with Crippen LogP contribution in [0.1, 0.15) is 48.9 Å². The summed E-state index contributed by atoms with van der Waals surface area (Å²) in [6.07, 6.45) is 5.85. The number of para-hydroxylation sites is 1. The zero-order chi connectivity index (χ0) is 23.2. The number of esters is 1. The summed E-state index contributed by atoms with van der Waals surface area (Å²) in [6.45, 7) is 8.25. The van der Waals surface area contributed by atoms with Crippen LogP contribution in [0.3, 0.4) is 0 Å². The molecular formula is C27H34N3O2S2+. The van der Waals surface area contributed by atoms with Gasteiger partial charge in [-0.15, -0.1) is 22.7 Å². The molecule has 180 valence electrons. The Morgan fingerprint density at radius 3 is 2.68 bits per heavy atom. The van der Waals surface area contributed by atoms with Gasteiger partial charge in [-0.05, 0) is 56.4 Å². The first-order valence-corrected chi connectivity index (χ1v) is 14.5. The van der Waals surface area contributed by atoms with Crippen molar-refractivity contribution in [2.24, 2.45) is 5.92 Å². The Hall–Kier alpha value is -1.80. The van der Waals surface area contributed by atoms with Gasteiger partial charge in [-0.1, -0.05) is 24.6 Å². The molecule has 7 rings (SSSR count). The summed E-state index contributed by atoms with van der Waals surface area (Å²) in [6, 6.07) is 12.6. The Morgan fingerprint density at radius 2 is 1.94 bits per heavy atom. The van der Waals surface area contributed by atoms with E-state index in [1.807, 2.05) is 11.3 Å². The van der Waals surface area contributed by atoms with Crippen LogP contribution in [0.5, 0.6) is 0 Å². The lowest BCUT2D eigenvalue weighted by molar-refractivity contribution is -0.958. The van der Waals surface area contributed by atoms with E-state index in [9.17, 15) is 4.79 Å². The molecule has 2 atom stereocenters. The summed E-state index contributed by atoms with van der Waals surface area (Å²) < 4.78 is 8.75. The molecule has 3 aromatic rings. The van der Waals surface area contributed by atoms with Gasteiger partial charge in [0.2, 0.25) is 0 Å². The van der Waals surface area contributed by atoms with Gasteiger partial charge in [0.05, 0.1) is 23.3 Å². The molecule has 5 nitrogen and oxygen atoms in total. The fraction of sp³-hybridized carbons (Fsp3) is 0.556. The molecule has 2 aromatic heterocycles. The number of ether oxygens (including phenoxy) is 1. The van der Waals surface area contributed by atoms with Gasteiger partial charge >= 0.3 is 5.97 Å². The molecule has 0 aliphatic carbocycles. The van der Waals surface area contributed by atoms with Crippen LogP contribution in [0.4, 0.5) is 0 Å². The van der Waals surface area contributed by atoms with E-state index in [1.54, 1.807) is 11.3 Å². The molecule has 2 bridgehead atoms. The van der Waals surface area contributed by atoms with Crippen LogP contribution in [-0.2, 0) is 21.6 Å². The molecule has 0 spiro atoms. The fourth-order valence-corrected chi connectivity index (χ4v) is 8.39. The molecule has 4 aliphatic rings. The second-order valence-electron chi connectivity index (χ2n) is 10.6. The number of carbonyl (C=O) groups excluding carboxylic acids is 1. The van der Waals surface area contributed by atoms with E-state index < -0.39 is 5.54 Å². The Kier molecular flexibility index (Phi) is 6.00. The van der Waals surface area contributed by atoms with E-state index in [0.717, 1.165) is 66.7 Å². The van der Waals surface area contributed by atoms with E-state index in [4.69, 9.17) is 9.72 Å². The number of hydrogen-bond acceptors (Lipinski definition) is 6. The molecule has 6 heterocycles. The van der Waals surface area contributed by atoms with Crippen molar-refractivity contribution in [1.82, 2.24) is 9.88 Å². The lowest BCUT2D eigenvalue weighted by Crippen LogP contribution is -2.64. The second kappa shape index (κ2) is 9.01. The third kappa shape index (κ3) is 4.00. The van der Waals surface area contributed by atoms with Gasteiger partial charge in [0, 0.05) is 23.6 Å². The number of carbonyl (C=O) groups is 1. The summed E-state index contributed by atoms with van der Waals surface area (Å²) in [5.41, 5.74) is 0.419. The summed E-state index contributed by atoms with van der Waals surface area (Å²) in [7, 11) is 0. The van der Waals surface area contributed by atoms with Crippen molar-refractivity contribution in [2.75, 3.05) is 32.7 Å². The topological polar surface area (TPSA) is 42.4 Å². The van der Waals surface area contributed by atoms with Gasteiger partial charge < -0.3 is 9.22 Å². The molecule has 0 N–H and O–H groups in total. The Morgan fingerprint density at radius 1 is 1.15 bits per heavy atom. The lowest BCUT2D eigenvalue weighted by Gasteiger charge is -2.52. The maximum absolute atomic E-state index is 13.9. The average molecular weight is 497 g/mol. The molecule has 4 fully saturated rings. The third-order valence-electron chi connectivity index (χ3n) is 8.50. The van der Waals surface area contributed by atoms with Crippen LogP contribution in [0, 0.1) is 5.92 Å². The first-order valence-electron chi connectivity index (χ1n) is 12.8. The quantitative estimate of drug-likeness (QED) is 0.338. The van der Waals surface area contributed by atoms with E-state index in [2.05, 4.69) is 53.6 Å². The normalized spacial score (nSPS) is 29.2. The SMILES string of the molecule is CC(C(=O)O[C@H]1C[N+]2(Cc3nc4ccccc4s3)CCC1CC2)(c1cccs1)N1CCCCC1. The number of quaternary nitrogens is 1. The first-order chi connectivity index (χ1) is 16.6. The highest BCUT2D eigenvalue weighted by Gasteiger charge is 2.51. The van der Waals surface area contributed by atoms with Gasteiger partial charge in [0.15, 0.2) is 11.6 Å². The maximum atomic E-state index is 13.9. The minimum atomic E-state index is -0.682. The number of piperidine rings is 4. The number of hydrogen-bond donors (Lipinski definition) is 0. The molecule has 0 radical (unpaired) electrons. The molecule has 7 heteroatoms. The van der Waals surface area contributed by atoms with Gasteiger partial charge in [0.1, 0.15) is 18.1 Å². The second-order valence-corrected chi connectivity index (χ2v) is 12.6. The number of thiophene rings is 1. The monoisotopic (exact) mass is 496 g/mol. The molecular weight excluding hydrogens is 462 g/mol. The lowest BCUT2D eigenvalue weighted by atomic mass is 9.83. The van der Waals surface area contributed by atoms with Gasteiger partial charge in [-0.2, -0.15) is 0 Å².